The fourth-order valence-electron chi connectivity index (χ4n) is 3.10. The second kappa shape index (κ2) is 3.23. The van der Waals surface area contributed by atoms with E-state index in [4.69, 9.17) is 9.47 Å². The number of hydrogen-bond donors (Lipinski definition) is 1. The van der Waals surface area contributed by atoms with E-state index in [0.717, 1.165) is 6.42 Å². The van der Waals surface area contributed by atoms with Gasteiger partial charge in [-0.2, -0.15) is 0 Å². The summed E-state index contributed by atoms with van der Waals surface area (Å²) < 4.78 is 10.2. The number of hydrogen-bond acceptors (Lipinski definition) is 4. The standard InChI is InChI=1S/C11H13NO4/c1-12-11(14)16-10-8-6-3-2-5(4-6)7(8)9(13)15-10/h2-3,5-8,10H,4H2,1H3,(H,12,14)/t5-,6?,7-,8+,10-/m1/s1. The van der Waals surface area contributed by atoms with Crippen LogP contribution in [0.15, 0.2) is 12.2 Å². The number of alkyl carbamates (subject to hydrolysis) is 1. The first-order valence-corrected chi connectivity index (χ1v) is 5.48. The van der Waals surface area contributed by atoms with Crippen molar-refractivity contribution >= 4 is 12.1 Å². The second-order valence-electron chi connectivity index (χ2n) is 4.51. The summed E-state index contributed by atoms with van der Waals surface area (Å²) in [4.78, 5) is 22.8. The van der Waals surface area contributed by atoms with Gasteiger partial charge in [0.05, 0.1) is 11.8 Å². The van der Waals surface area contributed by atoms with Crippen LogP contribution in [-0.4, -0.2) is 25.4 Å². The monoisotopic (exact) mass is 223 g/mol. The van der Waals surface area contributed by atoms with Crippen LogP contribution in [-0.2, 0) is 14.3 Å². The van der Waals surface area contributed by atoms with Gasteiger partial charge in [0.25, 0.3) is 6.29 Å². The molecule has 5 atom stereocenters. The molecule has 1 aliphatic heterocycles. The van der Waals surface area contributed by atoms with Gasteiger partial charge in [0.15, 0.2) is 0 Å². The first-order chi connectivity index (χ1) is 7.70. The third kappa shape index (κ3) is 1.17. The fraction of sp³-hybridized carbons (Fsp3) is 0.636. The molecule has 16 heavy (non-hydrogen) atoms. The number of ether oxygens (including phenoxy) is 2. The van der Waals surface area contributed by atoms with Crippen molar-refractivity contribution in [2.45, 2.75) is 12.7 Å². The minimum atomic E-state index is -0.711. The van der Waals surface area contributed by atoms with E-state index in [9.17, 15) is 9.59 Å². The van der Waals surface area contributed by atoms with Crippen LogP contribution in [0.5, 0.6) is 0 Å². The summed E-state index contributed by atoms with van der Waals surface area (Å²) in [5, 5.41) is 2.36. The maximum Gasteiger partial charge on any atom is 0.409 e. The van der Waals surface area contributed by atoms with Crippen molar-refractivity contribution in [1.82, 2.24) is 5.32 Å². The van der Waals surface area contributed by atoms with Crippen molar-refractivity contribution in [3.05, 3.63) is 12.2 Å². The summed E-state index contributed by atoms with van der Waals surface area (Å²) >= 11 is 0. The minimum Gasteiger partial charge on any atom is -0.424 e. The van der Waals surface area contributed by atoms with Crippen LogP contribution in [0, 0.1) is 23.7 Å². The summed E-state index contributed by atoms with van der Waals surface area (Å²) in [5.41, 5.74) is 0. The topological polar surface area (TPSA) is 64.6 Å². The fourth-order valence-corrected chi connectivity index (χ4v) is 3.10. The maximum absolute atomic E-state index is 11.7. The molecule has 1 heterocycles. The van der Waals surface area contributed by atoms with E-state index < -0.39 is 12.4 Å². The Morgan fingerprint density at radius 1 is 1.50 bits per heavy atom. The Morgan fingerprint density at radius 3 is 3.00 bits per heavy atom. The van der Waals surface area contributed by atoms with E-state index >= 15 is 0 Å². The van der Waals surface area contributed by atoms with Gasteiger partial charge in [-0.05, 0) is 18.3 Å². The van der Waals surface area contributed by atoms with Crippen LogP contribution in [0.1, 0.15) is 6.42 Å². The molecule has 86 valence electrons. The lowest BCUT2D eigenvalue weighted by atomic mass is 9.85. The third-order valence-electron chi connectivity index (χ3n) is 3.77. The molecule has 2 aliphatic carbocycles. The van der Waals surface area contributed by atoms with Gasteiger partial charge in [-0.1, -0.05) is 12.2 Å². The third-order valence-corrected chi connectivity index (χ3v) is 3.77. The number of carbonyl (C=O) groups is 2. The largest absolute Gasteiger partial charge is 0.424 e. The van der Waals surface area contributed by atoms with Crippen LogP contribution in [0.2, 0.25) is 0 Å². The highest BCUT2D eigenvalue weighted by atomic mass is 16.7. The lowest BCUT2D eigenvalue weighted by Crippen LogP contribution is -2.32. The number of allylic oxidation sites excluding steroid dienone is 2. The molecule has 1 amide bonds. The Labute approximate surface area is 92.8 Å². The lowest BCUT2D eigenvalue weighted by molar-refractivity contribution is -0.158. The summed E-state index contributed by atoms with van der Waals surface area (Å²) in [6, 6.07) is 0. The van der Waals surface area contributed by atoms with Gasteiger partial charge in [-0.25, -0.2) is 4.79 Å². The molecule has 3 rings (SSSR count). The van der Waals surface area contributed by atoms with E-state index in [1.165, 1.54) is 7.05 Å². The average Bonchev–Trinajstić information content (AvgIpc) is 2.92. The molecule has 5 heteroatoms. The Kier molecular flexibility index (Phi) is 1.96. The Bertz CT molecular complexity index is 378. The predicted molar refractivity (Wildman–Crippen MR) is 53.1 cm³/mol. The molecule has 0 spiro atoms. The highest BCUT2D eigenvalue weighted by Crippen LogP contribution is 2.53. The number of esters is 1. The van der Waals surface area contributed by atoms with E-state index in [1.54, 1.807) is 0 Å². The van der Waals surface area contributed by atoms with Crippen LogP contribution in [0.3, 0.4) is 0 Å². The minimum absolute atomic E-state index is 0.0137. The Hall–Kier alpha value is -1.52. The first kappa shape index (κ1) is 9.69. The van der Waals surface area contributed by atoms with Gasteiger partial charge < -0.3 is 14.8 Å². The van der Waals surface area contributed by atoms with Crippen molar-refractivity contribution in [2.75, 3.05) is 7.05 Å². The van der Waals surface area contributed by atoms with Crippen molar-refractivity contribution in [1.29, 1.82) is 0 Å². The predicted octanol–water partition coefficient (Wildman–Crippen LogP) is 0.664. The quantitative estimate of drug-likeness (QED) is 0.524. The zero-order chi connectivity index (χ0) is 11.3. The van der Waals surface area contributed by atoms with E-state index in [0.29, 0.717) is 5.92 Å². The normalized spacial score (nSPS) is 43.1. The molecule has 1 saturated heterocycles. The van der Waals surface area contributed by atoms with Gasteiger partial charge in [0, 0.05) is 7.05 Å². The zero-order valence-corrected chi connectivity index (χ0v) is 8.88. The summed E-state index contributed by atoms with van der Waals surface area (Å²) in [5.74, 6) is 0.275. The molecule has 0 aromatic heterocycles. The Morgan fingerprint density at radius 2 is 2.25 bits per heavy atom. The van der Waals surface area contributed by atoms with E-state index in [1.807, 2.05) is 0 Å². The SMILES string of the molecule is CNC(=O)O[C@H]1OC(=O)[C@H]2[C@@H]1C1C=C[C@@H]2C1. The molecule has 3 aliphatic rings. The number of amides is 1. The van der Waals surface area contributed by atoms with Crippen molar-refractivity contribution in [3.63, 3.8) is 0 Å². The van der Waals surface area contributed by atoms with Crippen molar-refractivity contribution in [2.24, 2.45) is 23.7 Å². The van der Waals surface area contributed by atoms with Crippen LogP contribution < -0.4 is 5.32 Å². The number of carbonyl (C=O) groups excluding carboxylic acids is 2. The van der Waals surface area contributed by atoms with Gasteiger partial charge in [-0.15, -0.1) is 0 Å². The molecule has 0 radical (unpaired) electrons. The summed E-state index contributed by atoms with van der Waals surface area (Å²) in [6.07, 6.45) is 3.91. The number of cyclic esters (lactones) is 1. The van der Waals surface area contributed by atoms with Gasteiger partial charge in [0.2, 0.25) is 0 Å². The number of nitrogens with one attached hydrogen (secondary N) is 1. The zero-order valence-electron chi connectivity index (χ0n) is 8.88. The van der Waals surface area contributed by atoms with Crippen LogP contribution in [0.4, 0.5) is 4.79 Å². The molecule has 2 fully saturated rings. The first-order valence-electron chi connectivity index (χ1n) is 5.48. The molecule has 1 saturated carbocycles. The van der Waals surface area contributed by atoms with Crippen molar-refractivity contribution < 1.29 is 19.1 Å². The van der Waals surface area contributed by atoms with Gasteiger partial charge in [-0.3, -0.25) is 4.79 Å². The molecule has 5 nitrogen and oxygen atoms in total. The van der Waals surface area contributed by atoms with E-state index in [2.05, 4.69) is 17.5 Å². The smallest absolute Gasteiger partial charge is 0.409 e. The molecular weight excluding hydrogens is 210 g/mol. The van der Waals surface area contributed by atoms with Crippen molar-refractivity contribution in [3.8, 4) is 0 Å². The molecule has 1 N–H and O–H groups in total. The van der Waals surface area contributed by atoms with E-state index in [-0.39, 0.29) is 23.7 Å². The highest BCUT2D eigenvalue weighted by Gasteiger charge is 2.59. The maximum atomic E-state index is 11.7. The average molecular weight is 223 g/mol. The summed E-state index contributed by atoms with van der Waals surface area (Å²) in [6.45, 7) is 0. The Balaban J connectivity index is 1.80. The van der Waals surface area contributed by atoms with Gasteiger partial charge in [0.1, 0.15) is 0 Å². The highest BCUT2D eigenvalue weighted by molar-refractivity contribution is 5.77. The summed E-state index contributed by atoms with van der Waals surface area (Å²) in [7, 11) is 1.48. The van der Waals surface area contributed by atoms with Gasteiger partial charge >= 0.3 is 12.1 Å². The number of rotatable bonds is 1. The molecule has 2 bridgehead atoms. The molecule has 0 aromatic rings. The van der Waals surface area contributed by atoms with Crippen LogP contribution >= 0.6 is 0 Å². The second-order valence-corrected chi connectivity index (χ2v) is 4.51. The lowest BCUT2D eigenvalue weighted by Gasteiger charge is -2.21. The number of fused-ring (bicyclic) bond motifs is 5. The molecule has 1 unspecified atom stereocenters. The molecular formula is C11H13NO4. The van der Waals surface area contributed by atoms with Crippen LogP contribution in [0.25, 0.3) is 0 Å². The molecule has 0 aromatic carbocycles.